The number of rotatable bonds is 7. The van der Waals surface area contributed by atoms with Crippen LogP contribution in [0.4, 0.5) is 22.9 Å². The van der Waals surface area contributed by atoms with E-state index in [1.807, 2.05) is 30.9 Å². The third-order valence-corrected chi connectivity index (χ3v) is 3.22. The number of aliphatic hydroxyl groups is 3. The Labute approximate surface area is 154 Å². The Morgan fingerprint density at radius 2 is 1.46 bits per heavy atom. The maximum absolute atomic E-state index is 8.83. The van der Waals surface area contributed by atoms with Crippen molar-refractivity contribution in [2.75, 3.05) is 55.0 Å². The molecule has 0 aliphatic rings. The predicted molar refractivity (Wildman–Crippen MR) is 107 cm³/mol. The summed E-state index contributed by atoms with van der Waals surface area (Å²) in [6, 6.07) is 7.36. The van der Waals surface area contributed by atoms with Crippen molar-refractivity contribution in [3.8, 4) is 0 Å². The number of hydrogen-bond acceptors (Lipinski definition) is 8. The smallest absolute Gasteiger partial charge is 0.145 e. The quantitative estimate of drug-likeness (QED) is 0.376. The molecule has 0 unspecified atom stereocenters. The van der Waals surface area contributed by atoms with Gasteiger partial charge in [-0.25, -0.2) is 4.68 Å². The Hall–Kier alpha value is -2.49. The van der Waals surface area contributed by atoms with E-state index in [1.54, 1.807) is 12.1 Å². The minimum absolute atomic E-state index is 0.0192. The second kappa shape index (κ2) is 13.8. The summed E-state index contributed by atoms with van der Waals surface area (Å²) >= 11 is 0. The van der Waals surface area contributed by atoms with Crippen LogP contribution in [0.3, 0.4) is 0 Å². The number of hydrogen-bond donors (Lipinski definition) is 6. The monoisotopic (exact) mass is 368 g/mol. The van der Waals surface area contributed by atoms with E-state index < -0.39 is 0 Å². The topological polar surface area (TPSA) is 160 Å². The first-order valence-corrected chi connectivity index (χ1v) is 8.53. The molecule has 0 bridgehead atoms. The largest absolute Gasteiger partial charge is 0.399 e. The van der Waals surface area contributed by atoms with Crippen molar-refractivity contribution in [2.24, 2.45) is 0 Å². The maximum Gasteiger partial charge on any atom is 0.145 e. The molecule has 2 rings (SSSR count). The molecule has 0 aliphatic carbocycles. The second-order valence-electron chi connectivity index (χ2n) is 4.96. The van der Waals surface area contributed by atoms with E-state index in [4.69, 9.17) is 32.5 Å². The molecule has 2 aromatic rings. The summed E-state index contributed by atoms with van der Waals surface area (Å²) in [4.78, 5) is 1.90. The minimum Gasteiger partial charge on any atom is -0.399 e. The van der Waals surface area contributed by atoms with Gasteiger partial charge in [-0.2, -0.15) is 5.10 Å². The zero-order chi connectivity index (χ0) is 19.9. The summed E-state index contributed by atoms with van der Waals surface area (Å²) in [6.45, 7) is 5.60. The van der Waals surface area contributed by atoms with E-state index in [0.717, 1.165) is 5.69 Å². The van der Waals surface area contributed by atoms with Crippen molar-refractivity contribution in [2.45, 2.75) is 20.4 Å². The standard InChI is InChI=1S/C10H16N2O2.C5H10N4O.C2H6/c11-9-1-3-10(4-2-9)12(5-7-13)6-8-14;6-4-3-8-9(1-2-10)5(4)7;1-2/h1-4,13-14H,5-8,11H2;3,10H,1-2,6-7H2;1-2H3. The highest BCUT2D eigenvalue weighted by Crippen LogP contribution is 2.15. The van der Waals surface area contributed by atoms with Crippen LogP contribution in [0.5, 0.6) is 0 Å². The van der Waals surface area contributed by atoms with Crippen LogP contribution in [-0.4, -0.2) is 58.0 Å². The van der Waals surface area contributed by atoms with E-state index in [0.29, 0.717) is 36.8 Å². The van der Waals surface area contributed by atoms with Crippen LogP contribution in [0, 0.1) is 0 Å². The van der Waals surface area contributed by atoms with Gasteiger partial charge in [0.25, 0.3) is 0 Å². The van der Waals surface area contributed by atoms with Crippen LogP contribution in [0.25, 0.3) is 0 Å². The molecule has 0 aliphatic heterocycles. The normalized spacial score (nSPS) is 9.58. The lowest BCUT2D eigenvalue weighted by atomic mass is 10.2. The van der Waals surface area contributed by atoms with E-state index >= 15 is 0 Å². The molecule has 0 amide bonds. The number of anilines is 4. The van der Waals surface area contributed by atoms with E-state index in [-0.39, 0.29) is 19.8 Å². The molecule has 0 atom stereocenters. The lowest BCUT2D eigenvalue weighted by molar-refractivity contribution is 0.270. The molecule has 26 heavy (non-hydrogen) atoms. The fraction of sp³-hybridized carbons (Fsp3) is 0.471. The van der Waals surface area contributed by atoms with E-state index in [2.05, 4.69) is 5.10 Å². The van der Waals surface area contributed by atoms with Crippen molar-refractivity contribution >= 4 is 22.9 Å². The number of benzene rings is 1. The molecule has 0 spiro atoms. The van der Waals surface area contributed by atoms with Gasteiger partial charge in [-0.1, -0.05) is 13.8 Å². The first kappa shape index (κ1) is 23.5. The fourth-order valence-corrected chi connectivity index (χ4v) is 1.98. The Morgan fingerprint density at radius 3 is 1.85 bits per heavy atom. The number of aromatic nitrogens is 2. The van der Waals surface area contributed by atoms with Gasteiger partial charge in [-0.05, 0) is 24.3 Å². The van der Waals surface area contributed by atoms with Crippen molar-refractivity contribution in [1.29, 1.82) is 0 Å². The van der Waals surface area contributed by atoms with Crippen LogP contribution < -0.4 is 22.1 Å². The summed E-state index contributed by atoms with van der Waals surface area (Å²) < 4.78 is 1.45. The van der Waals surface area contributed by atoms with Crippen LogP contribution in [0.1, 0.15) is 13.8 Å². The zero-order valence-corrected chi connectivity index (χ0v) is 15.5. The molecular formula is C17H32N6O3. The van der Waals surface area contributed by atoms with Crippen LogP contribution in [0.15, 0.2) is 30.5 Å². The number of nitrogens with zero attached hydrogens (tertiary/aromatic N) is 3. The van der Waals surface area contributed by atoms with Crippen LogP contribution in [0.2, 0.25) is 0 Å². The van der Waals surface area contributed by atoms with Gasteiger partial charge in [-0.15, -0.1) is 0 Å². The van der Waals surface area contributed by atoms with Crippen molar-refractivity contribution in [3.05, 3.63) is 30.5 Å². The number of nitrogen functional groups attached to an aromatic ring is 3. The van der Waals surface area contributed by atoms with Gasteiger partial charge in [0.2, 0.25) is 0 Å². The lowest BCUT2D eigenvalue weighted by Crippen LogP contribution is -2.29. The molecule has 9 nitrogen and oxygen atoms in total. The lowest BCUT2D eigenvalue weighted by Gasteiger charge is -2.22. The summed E-state index contributed by atoms with van der Waals surface area (Å²) in [7, 11) is 0. The number of nitrogens with two attached hydrogens (primary N) is 3. The third kappa shape index (κ3) is 8.06. The number of aliphatic hydroxyl groups excluding tert-OH is 3. The maximum atomic E-state index is 8.83. The van der Waals surface area contributed by atoms with Crippen molar-refractivity contribution in [1.82, 2.24) is 9.78 Å². The Bertz CT molecular complexity index is 583. The Morgan fingerprint density at radius 1 is 0.923 bits per heavy atom. The average Bonchev–Trinajstić information content (AvgIpc) is 2.97. The highest BCUT2D eigenvalue weighted by atomic mass is 16.3. The summed E-state index contributed by atoms with van der Waals surface area (Å²) in [5.74, 6) is 0.411. The predicted octanol–water partition coefficient (Wildman–Crippen LogP) is 0.126. The highest BCUT2D eigenvalue weighted by molar-refractivity contribution is 5.57. The van der Waals surface area contributed by atoms with Gasteiger partial charge in [0.15, 0.2) is 0 Å². The van der Waals surface area contributed by atoms with Crippen LogP contribution in [-0.2, 0) is 6.54 Å². The highest BCUT2D eigenvalue weighted by Gasteiger charge is 2.04. The van der Waals surface area contributed by atoms with Gasteiger partial charge in [0.1, 0.15) is 5.82 Å². The van der Waals surface area contributed by atoms with Gasteiger partial charge in [0.05, 0.1) is 38.2 Å². The molecule has 0 saturated heterocycles. The third-order valence-electron chi connectivity index (χ3n) is 3.22. The van der Waals surface area contributed by atoms with Crippen molar-refractivity contribution in [3.63, 3.8) is 0 Å². The first-order valence-electron chi connectivity index (χ1n) is 8.53. The van der Waals surface area contributed by atoms with Gasteiger partial charge < -0.3 is 37.4 Å². The molecule has 9 N–H and O–H groups in total. The second-order valence-corrected chi connectivity index (χ2v) is 4.96. The van der Waals surface area contributed by atoms with Crippen molar-refractivity contribution < 1.29 is 15.3 Å². The SMILES string of the molecule is CC.Nc1ccc(N(CCO)CCO)cc1.Nc1cnn(CCO)c1N. The summed E-state index contributed by atoms with van der Waals surface area (Å²) in [5.41, 5.74) is 18.5. The molecule has 0 saturated carbocycles. The van der Waals surface area contributed by atoms with Gasteiger partial charge in [-0.3, -0.25) is 0 Å². The molecule has 0 fully saturated rings. The minimum atomic E-state index is 0.0192. The van der Waals surface area contributed by atoms with Gasteiger partial charge in [0, 0.05) is 24.5 Å². The molecule has 148 valence electrons. The molecule has 0 radical (unpaired) electrons. The molecule has 1 aromatic heterocycles. The van der Waals surface area contributed by atoms with Gasteiger partial charge >= 0.3 is 0 Å². The summed E-state index contributed by atoms with van der Waals surface area (Å²) in [6.07, 6.45) is 1.46. The summed E-state index contributed by atoms with van der Waals surface area (Å²) in [5, 5.41) is 30.0. The van der Waals surface area contributed by atoms with E-state index in [1.165, 1.54) is 10.9 Å². The Kier molecular flexibility index (Phi) is 12.4. The fourth-order valence-electron chi connectivity index (χ4n) is 1.98. The molecular weight excluding hydrogens is 336 g/mol. The first-order chi connectivity index (χ1) is 12.5. The van der Waals surface area contributed by atoms with E-state index in [9.17, 15) is 0 Å². The zero-order valence-electron chi connectivity index (χ0n) is 15.5. The Balaban J connectivity index is 0.000000458. The molecule has 1 heterocycles. The average molecular weight is 368 g/mol. The van der Waals surface area contributed by atoms with Crippen LogP contribution >= 0.6 is 0 Å². The molecule has 1 aromatic carbocycles. The molecule has 9 heteroatoms.